The molecule has 404 valence electrons. The summed E-state index contributed by atoms with van der Waals surface area (Å²) in [6.07, 6.45) is 11.5. The molecule has 4 saturated heterocycles. The van der Waals surface area contributed by atoms with Gasteiger partial charge in [-0.15, -0.1) is 0 Å². The number of pyridine rings is 1. The van der Waals surface area contributed by atoms with E-state index in [0.29, 0.717) is 80.0 Å². The first-order chi connectivity index (χ1) is 36.7. The van der Waals surface area contributed by atoms with Gasteiger partial charge in [-0.2, -0.15) is 4.98 Å². The molecule has 3 aromatic carbocycles. The van der Waals surface area contributed by atoms with Gasteiger partial charge in [-0.3, -0.25) is 24.7 Å². The second-order valence-electron chi connectivity index (χ2n) is 23.1. The number of nitro groups is 1. The number of fused-ring (bicyclic) bond motifs is 3. The predicted octanol–water partition coefficient (Wildman–Crippen LogP) is 8.23. The van der Waals surface area contributed by atoms with Crippen LogP contribution in [0.2, 0.25) is 0 Å². The maximum Gasteiger partial charge on any atom is 0.293 e. The van der Waals surface area contributed by atoms with Crippen molar-refractivity contribution in [3.63, 3.8) is 0 Å². The number of likely N-dealkylation sites (tertiary alicyclic amines) is 1. The van der Waals surface area contributed by atoms with Crippen LogP contribution >= 0.6 is 0 Å². The van der Waals surface area contributed by atoms with E-state index in [9.17, 15) is 28.4 Å². The van der Waals surface area contributed by atoms with Crippen molar-refractivity contribution in [2.75, 3.05) is 80.8 Å². The number of nitrogens with one attached hydrogen (secondary N) is 3. The molecule has 0 radical (unpaired) electrons. The summed E-state index contributed by atoms with van der Waals surface area (Å²) >= 11 is 0. The van der Waals surface area contributed by atoms with Crippen LogP contribution in [0.25, 0.3) is 11.0 Å². The van der Waals surface area contributed by atoms with E-state index < -0.39 is 43.1 Å². The van der Waals surface area contributed by atoms with Crippen molar-refractivity contribution in [3.8, 4) is 5.88 Å². The van der Waals surface area contributed by atoms with Crippen molar-refractivity contribution in [1.82, 2.24) is 24.5 Å². The number of hydrogen-bond donors (Lipinski definition) is 4. The molecule has 12 rings (SSSR count). The smallest absolute Gasteiger partial charge is 0.293 e. The lowest BCUT2D eigenvalue weighted by Gasteiger charge is -2.59. The highest BCUT2D eigenvalue weighted by Gasteiger charge is 2.51. The number of carbonyl (C=O) groups excluding carboxylic acids is 1. The number of hydrogen-bond acceptors (Lipinski definition) is 15. The van der Waals surface area contributed by atoms with Crippen molar-refractivity contribution in [3.05, 3.63) is 106 Å². The topological polar surface area (TPSA) is 208 Å². The van der Waals surface area contributed by atoms with Crippen LogP contribution in [0.1, 0.15) is 105 Å². The van der Waals surface area contributed by atoms with Gasteiger partial charge in [-0.05, 0) is 149 Å². The first-order valence-electron chi connectivity index (χ1n) is 27.6. The maximum atomic E-state index is 14.8. The fourth-order valence-corrected chi connectivity index (χ4v) is 14.8. The Hall–Kier alpha value is -5.83. The van der Waals surface area contributed by atoms with Crippen LogP contribution in [-0.2, 0) is 19.5 Å². The Labute approximate surface area is 444 Å². The zero-order valence-electron chi connectivity index (χ0n) is 43.6. The minimum atomic E-state index is -4.63. The molecule has 5 aromatic rings. The second-order valence-corrected chi connectivity index (χ2v) is 24.8. The van der Waals surface area contributed by atoms with Crippen molar-refractivity contribution < 1.29 is 37.5 Å². The van der Waals surface area contributed by atoms with Gasteiger partial charge in [-0.1, -0.05) is 24.3 Å². The first kappa shape index (κ1) is 51.0. The highest BCUT2D eigenvalue weighted by atomic mass is 32.2. The van der Waals surface area contributed by atoms with Crippen molar-refractivity contribution in [2.24, 2.45) is 11.3 Å². The summed E-state index contributed by atoms with van der Waals surface area (Å²) in [6.45, 7) is 11.6. The Balaban J connectivity index is 0.812. The van der Waals surface area contributed by atoms with Crippen LogP contribution < -0.4 is 24.6 Å². The molecule has 4 atom stereocenters. The minimum absolute atomic E-state index is 0.120. The highest BCUT2D eigenvalue weighted by molar-refractivity contribution is 7.90. The molecule has 1 spiro atoms. The Kier molecular flexibility index (Phi) is 13.8. The van der Waals surface area contributed by atoms with E-state index in [1.165, 1.54) is 42.5 Å². The van der Waals surface area contributed by atoms with Gasteiger partial charge in [0.2, 0.25) is 5.88 Å². The number of aromatic amines is 1. The average molecular weight is 1060 g/mol. The number of amides is 1. The lowest BCUT2D eigenvalue weighted by molar-refractivity contribution is -0.384. The highest BCUT2D eigenvalue weighted by Crippen LogP contribution is 2.54. The van der Waals surface area contributed by atoms with Gasteiger partial charge in [0, 0.05) is 87.3 Å². The molecule has 7 heterocycles. The van der Waals surface area contributed by atoms with Gasteiger partial charge in [0.25, 0.3) is 21.6 Å². The Morgan fingerprint density at radius 2 is 1.68 bits per heavy atom. The summed E-state index contributed by atoms with van der Waals surface area (Å²) in [5.41, 5.74) is 4.96. The number of aliphatic hydroxyl groups is 1. The average Bonchev–Trinajstić information content (AvgIpc) is 4.01. The number of aryl methyl sites for hydroxylation is 1. The molecule has 1 amide bonds. The lowest BCUT2D eigenvalue weighted by atomic mass is 9.59. The number of ether oxygens (including phenoxy) is 3. The van der Waals surface area contributed by atoms with Gasteiger partial charge in [0.15, 0.2) is 0 Å². The van der Waals surface area contributed by atoms with Gasteiger partial charge >= 0.3 is 0 Å². The third-order valence-electron chi connectivity index (χ3n) is 18.3. The number of benzene rings is 3. The Morgan fingerprint density at radius 3 is 2.46 bits per heavy atom. The number of rotatable bonds is 12. The fraction of sp³-hybridized carbons (Fsp3) is 0.544. The molecule has 4 N–H and O–H groups in total. The molecule has 0 bridgehead atoms. The molecule has 6 fully saturated rings. The standard InChI is InChI=1S/C57H71N9O9S/c1-37-5-3-4-6-44(37)47-12-8-41(63-24-27-73-28-25-63)35-64(47)42-32-57(33-42)19-22-62(23-20-57)40-7-10-45(49(30-40)65-48-16-26-74-36-52(48)75-55-51(65)29-39-15-21-58-53(39)60-55)54(67)61-76(71,72)43-9-11-46(50(31-43)66(69)70)59-34-38-13-17-56(2,68)18-14-38/h3-7,9-11,15,21,29-31,38,41-42,47-48,52,59,68H,8,12-14,16-20,22-28,32-36H2,1-2H3,(H,58,60)(H,61,67)/t38?,41-,47+,48+,52+,56?/m1/s1. The molecule has 2 saturated carbocycles. The number of piperidine rings is 2. The van der Waals surface area contributed by atoms with E-state index in [2.05, 4.69) is 65.8 Å². The van der Waals surface area contributed by atoms with Crippen LogP contribution in [0, 0.1) is 28.4 Å². The zero-order valence-corrected chi connectivity index (χ0v) is 44.4. The molecule has 18 nitrogen and oxygen atoms in total. The molecule has 76 heavy (non-hydrogen) atoms. The van der Waals surface area contributed by atoms with E-state index >= 15 is 0 Å². The van der Waals surface area contributed by atoms with E-state index in [1.807, 2.05) is 37.4 Å². The molecule has 19 heteroatoms. The summed E-state index contributed by atoms with van der Waals surface area (Å²) in [4.78, 5) is 44.2. The third-order valence-corrected chi connectivity index (χ3v) is 19.6. The molecular weight excluding hydrogens is 987 g/mol. The maximum absolute atomic E-state index is 14.8. The predicted molar refractivity (Wildman–Crippen MR) is 290 cm³/mol. The largest absolute Gasteiger partial charge is 0.468 e. The van der Waals surface area contributed by atoms with Gasteiger partial charge in [0.05, 0.1) is 52.5 Å². The van der Waals surface area contributed by atoms with Crippen LogP contribution in [0.15, 0.2) is 83.9 Å². The molecule has 2 aromatic heterocycles. The van der Waals surface area contributed by atoms with E-state index in [1.54, 1.807) is 6.07 Å². The fourth-order valence-electron chi connectivity index (χ4n) is 13.8. The normalized spacial score (nSPS) is 27.3. The Bertz CT molecular complexity index is 3080. The number of carbonyl (C=O) groups is 1. The van der Waals surface area contributed by atoms with Crippen LogP contribution in [0.5, 0.6) is 5.88 Å². The SMILES string of the molecule is Cc1ccccc1[C@@H]1CC[C@@H](N2CCOCC2)CN1C1CC2(CCN(c3ccc(C(=O)NS(=O)(=O)c4ccc(NCC5CCC(C)(O)CC5)c([N+](=O)[O-])c4)c(N4c5cc6cc[nH]c6nc5O[C@H]5COCC[C@@H]54)c3)CC2)C1. The summed E-state index contributed by atoms with van der Waals surface area (Å²) in [5, 5.41) is 26.8. The second kappa shape index (κ2) is 20.5. The van der Waals surface area contributed by atoms with E-state index in [4.69, 9.17) is 19.2 Å². The summed E-state index contributed by atoms with van der Waals surface area (Å²) in [7, 11) is -4.63. The number of aromatic nitrogens is 2. The number of nitro benzene ring substituents is 1. The number of sulfonamides is 1. The van der Waals surface area contributed by atoms with Gasteiger partial charge in [0.1, 0.15) is 23.1 Å². The lowest BCUT2D eigenvalue weighted by Crippen LogP contribution is -2.60. The monoisotopic (exact) mass is 1060 g/mol. The summed E-state index contributed by atoms with van der Waals surface area (Å²) in [5.74, 6) is -0.304. The third kappa shape index (κ3) is 10.0. The minimum Gasteiger partial charge on any atom is -0.468 e. The van der Waals surface area contributed by atoms with E-state index in [-0.39, 0.29) is 28.6 Å². The van der Waals surface area contributed by atoms with Crippen molar-refractivity contribution in [2.45, 2.75) is 125 Å². The number of nitrogens with zero attached hydrogens (tertiary/aromatic N) is 6. The summed E-state index contributed by atoms with van der Waals surface area (Å²) < 4.78 is 49.0. The molecule has 0 unspecified atom stereocenters. The zero-order chi connectivity index (χ0) is 52.3. The Morgan fingerprint density at radius 1 is 0.895 bits per heavy atom. The number of H-pyrrole nitrogens is 1. The molecule has 2 aliphatic carbocycles. The van der Waals surface area contributed by atoms with Crippen LogP contribution in [0.4, 0.5) is 28.4 Å². The molecular formula is C57H71N9O9S. The molecule has 7 aliphatic rings. The summed E-state index contributed by atoms with van der Waals surface area (Å²) in [6, 6.07) is 23.3. The number of morpholine rings is 1. The number of anilines is 4. The van der Waals surface area contributed by atoms with Crippen LogP contribution in [-0.4, -0.2) is 140 Å². The van der Waals surface area contributed by atoms with Crippen LogP contribution in [0.3, 0.4) is 0 Å². The quantitative estimate of drug-likeness (QED) is 0.0686. The first-order valence-corrected chi connectivity index (χ1v) is 29.0. The molecule has 5 aliphatic heterocycles. The van der Waals surface area contributed by atoms with Crippen molar-refractivity contribution >= 4 is 55.4 Å². The van der Waals surface area contributed by atoms with Gasteiger partial charge < -0.3 is 39.4 Å². The van der Waals surface area contributed by atoms with Gasteiger partial charge in [-0.25, -0.2) is 13.1 Å². The van der Waals surface area contributed by atoms with E-state index in [0.717, 1.165) is 95.2 Å². The van der Waals surface area contributed by atoms with Crippen molar-refractivity contribution in [1.29, 1.82) is 0 Å².